The lowest BCUT2D eigenvalue weighted by molar-refractivity contribution is 0.923. The van der Waals surface area contributed by atoms with Gasteiger partial charge in [-0.05, 0) is 31.5 Å². The number of rotatable bonds is 2. The molecular weight excluding hydrogens is 334 g/mol. The van der Waals surface area contributed by atoms with Crippen LogP contribution in [0.3, 0.4) is 0 Å². The normalized spacial score (nSPS) is 11.6. The van der Waals surface area contributed by atoms with Crippen LogP contribution in [0.2, 0.25) is 0 Å². The van der Waals surface area contributed by atoms with Crippen LogP contribution in [-0.2, 0) is 0 Å². The zero-order valence-electron chi connectivity index (χ0n) is 13.6. The molecule has 5 rings (SSSR count). The van der Waals surface area contributed by atoms with Crippen LogP contribution in [-0.4, -0.2) is 34.1 Å². The highest BCUT2D eigenvalue weighted by atomic mass is 32.1. The highest BCUT2D eigenvalue weighted by Crippen LogP contribution is 2.30. The first-order valence-corrected chi connectivity index (χ1v) is 8.66. The Morgan fingerprint density at radius 1 is 1.00 bits per heavy atom. The Balaban J connectivity index is 1.84. The first-order chi connectivity index (χ1) is 12.2. The van der Waals surface area contributed by atoms with Crippen LogP contribution in [0.4, 0.5) is 0 Å². The van der Waals surface area contributed by atoms with Crippen molar-refractivity contribution in [2.24, 2.45) is 0 Å². The molecule has 0 fully saturated rings. The molecule has 5 aromatic rings. The van der Waals surface area contributed by atoms with E-state index in [4.69, 9.17) is 4.98 Å². The number of aromatic nitrogens is 7. The molecule has 0 spiro atoms. The summed E-state index contributed by atoms with van der Waals surface area (Å²) in [5.74, 6) is 0.592. The van der Waals surface area contributed by atoms with Crippen molar-refractivity contribution in [1.29, 1.82) is 0 Å². The molecule has 5 aromatic heterocycles. The molecule has 0 bridgehead atoms. The van der Waals surface area contributed by atoms with Crippen molar-refractivity contribution < 1.29 is 0 Å². The number of hydrogen-bond acceptors (Lipinski definition) is 6. The summed E-state index contributed by atoms with van der Waals surface area (Å²) >= 11 is 1.58. The average molecular weight is 347 g/mol. The van der Waals surface area contributed by atoms with Gasteiger partial charge in [-0.25, -0.2) is 19.5 Å². The Morgan fingerprint density at radius 3 is 2.68 bits per heavy atom. The summed E-state index contributed by atoms with van der Waals surface area (Å²) in [5.41, 5.74) is 4.60. The standard InChI is InChI=1S/C17H13N7S/c1-10-11(2)24(17-19-7-8-25-17)15-13(10)16-21-14(22-23(16)9-20-15)12-5-3-4-6-18-12/h3-9H,1-2H3. The van der Waals surface area contributed by atoms with Gasteiger partial charge in [0.1, 0.15) is 12.0 Å². The van der Waals surface area contributed by atoms with Gasteiger partial charge in [0.25, 0.3) is 0 Å². The minimum absolute atomic E-state index is 0.592. The predicted octanol–water partition coefficient (Wildman–Crippen LogP) is 3.20. The highest BCUT2D eigenvalue weighted by molar-refractivity contribution is 7.12. The van der Waals surface area contributed by atoms with E-state index in [9.17, 15) is 0 Å². The van der Waals surface area contributed by atoms with Crippen LogP contribution >= 0.6 is 11.3 Å². The Kier molecular flexibility index (Phi) is 2.95. The van der Waals surface area contributed by atoms with E-state index >= 15 is 0 Å². The third kappa shape index (κ3) is 2.01. The van der Waals surface area contributed by atoms with Gasteiger partial charge in [0.05, 0.1) is 5.39 Å². The lowest BCUT2D eigenvalue weighted by Gasteiger charge is -2.02. The Hall–Kier alpha value is -3.13. The first kappa shape index (κ1) is 14.2. The summed E-state index contributed by atoms with van der Waals surface area (Å²) in [5, 5.41) is 8.39. The summed E-state index contributed by atoms with van der Waals surface area (Å²) in [4.78, 5) is 18.1. The number of nitrogens with zero attached hydrogens (tertiary/aromatic N) is 7. The van der Waals surface area contributed by atoms with Crippen LogP contribution < -0.4 is 0 Å². The molecule has 8 heteroatoms. The first-order valence-electron chi connectivity index (χ1n) is 7.78. The van der Waals surface area contributed by atoms with Crippen LogP contribution in [0.15, 0.2) is 42.3 Å². The fourth-order valence-electron chi connectivity index (χ4n) is 3.02. The van der Waals surface area contributed by atoms with Gasteiger partial charge in [-0.3, -0.25) is 9.55 Å². The lowest BCUT2D eigenvalue weighted by Crippen LogP contribution is -1.98. The molecule has 5 heterocycles. The molecule has 0 aliphatic rings. The van der Waals surface area contributed by atoms with Crippen molar-refractivity contribution in [3.8, 4) is 16.6 Å². The summed E-state index contributed by atoms with van der Waals surface area (Å²) in [6, 6.07) is 5.70. The van der Waals surface area contributed by atoms with E-state index in [0.29, 0.717) is 5.82 Å². The summed E-state index contributed by atoms with van der Waals surface area (Å²) in [6.07, 6.45) is 5.23. The highest BCUT2D eigenvalue weighted by Gasteiger charge is 2.20. The van der Waals surface area contributed by atoms with E-state index in [2.05, 4.69) is 38.5 Å². The lowest BCUT2D eigenvalue weighted by atomic mass is 10.2. The fourth-order valence-corrected chi connectivity index (χ4v) is 3.72. The van der Waals surface area contributed by atoms with Gasteiger partial charge in [0.2, 0.25) is 5.82 Å². The van der Waals surface area contributed by atoms with E-state index < -0.39 is 0 Å². The smallest absolute Gasteiger partial charge is 0.200 e. The second-order valence-corrected chi connectivity index (χ2v) is 6.60. The minimum Gasteiger partial charge on any atom is -0.273 e. The van der Waals surface area contributed by atoms with Crippen molar-refractivity contribution in [2.45, 2.75) is 13.8 Å². The minimum atomic E-state index is 0.592. The molecule has 0 N–H and O–H groups in total. The van der Waals surface area contributed by atoms with Crippen molar-refractivity contribution in [1.82, 2.24) is 34.1 Å². The van der Waals surface area contributed by atoms with E-state index in [1.165, 1.54) is 0 Å². The Labute approximate surface area is 146 Å². The molecule has 0 atom stereocenters. The van der Waals surface area contributed by atoms with Gasteiger partial charge in [-0.15, -0.1) is 16.4 Å². The van der Waals surface area contributed by atoms with Crippen molar-refractivity contribution in [3.05, 3.63) is 53.6 Å². The number of fused-ring (bicyclic) bond motifs is 3. The molecule has 0 unspecified atom stereocenters. The molecule has 0 saturated carbocycles. The van der Waals surface area contributed by atoms with Crippen molar-refractivity contribution >= 4 is 28.0 Å². The van der Waals surface area contributed by atoms with E-state index in [1.807, 2.05) is 23.6 Å². The number of aryl methyl sites for hydroxylation is 1. The SMILES string of the molecule is Cc1c(C)n(-c2nccs2)c2ncn3nc(-c4ccccn4)nc3c12. The summed E-state index contributed by atoms with van der Waals surface area (Å²) in [7, 11) is 0. The van der Waals surface area contributed by atoms with Gasteiger partial charge in [0, 0.05) is 23.5 Å². The van der Waals surface area contributed by atoms with Crippen LogP contribution in [0.25, 0.3) is 33.3 Å². The zero-order valence-corrected chi connectivity index (χ0v) is 14.4. The number of thiazole rings is 1. The number of pyridine rings is 1. The molecule has 0 amide bonds. The molecule has 0 aromatic carbocycles. The third-order valence-corrected chi connectivity index (χ3v) is 5.09. The van der Waals surface area contributed by atoms with E-state index in [1.54, 1.807) is 34.6 Å². The molecule has 0 aliphatic carbocycles. The van der Waals surface area contributed by atoms with Gasteiger partial charge < -0.3 is 0 Å². The number of hydrogen-bond donors (Lipinski definition) is 0. The second-order valence-electron chi connectivity index (χ2n) is 5.72. The quantitative estimate of drug-likeness (QED) is 0.490. The molecule has 122 valence electrons. The van der Waals surface area contributed by atoms with Gasteiger partial charge in [-0.2, -0.15) is 0 Å². The molecule has 0 radical (unpaired) electrons. The van der Waals surface area contributed by atoms with Crippen molar-refractivity contribution in [2.75, 3.05) is 0 Å². The van der Waals surface area contributed by atoms with Gasteiger partial charge in [-0.1, -0.05) is 6.07 Å². The molecule has 0 aliphatic heterocycles. The second kappa shape index (κ2) is 5.18. The maximum Gasteiger partial charge on any atom is 0.200 e. The molecule has 7 nitrogen and oxygen atoms in total. The maximum atomic E-state index is 4.73. The van der Waals surface area contributed by atoms with Crippen LogP contribution in [0.5, 0.6) is 0 Å². The maximum absolute atomic E-state index is 4.73. The monoisotopic (exact) mass is 347 g/mol. The summed E-state index contributed by atoms with van der Waals surface area (Å²) in [6.45, 7) is 4.16. The largest absolute Gasteiger partial charge is 0.273 e. The van der Waals surface area contributed by atoms with Gasteiger partial charge >= 0.3 is 0 Å². The molecule has 25 heavy (non-hydrogen) atoms. The predicted molar refractivity (Wildman–Crippen MR) is 96.0 cm³/mol. The van der Waals surface area contributed by atoms with Crippen molar-refractivity contribution in [3.63, 3.8) is 0 Å². The van der Waals surface area contributed by atoms with E-state index in [0.717, 1.165) is 38.8 Å². The Bertz CT molecular complexity index is 1200. The molecule has 0 saturated heterocycles. The topological polar surface area (TPSA) is 73.8 Å². The van der Waals surface area contributed by atoms with Crippen LogP contribution in [0, 0.1) is 13.8 Å². The summed E-state index contributed by atoms with van der Waals surface area (Å²) < 4.78 is 3.79. The average Bonchev–Trinajstić information content (AvgIpc) is 3.35. The fraction of sp³-hybridized carbons (Fsp3) is 0.118. The zero-order chi connectivity index (χ0) is 17.0. The third-order valence-electron chi connectivity index (χ3n) is 4.34. The van der Waals surface area contributed by atoms with E-state index in [-0.39, 0.29) is 0 Å². The van der Waals surface area contributed by atoms with Gasteiger partial charge in [0.15, 0.2) is 16.4 Å². The Morgan fingerprint density at radius 2 is 1.92 bits per heavy atom. The van der Waals surface area contributed by atoms with Crippen LogP contribution in [0.1, 0.15) is 11.3 Å². The molecular formula is C17H13N7S.